The third-order valence-corrected chi connectivity index (χ3v) is 7.19. The molecule has 5 atom stereocenters. The fourth-order valence-corrected chi connectivity index (χ4v) is 5.85. The summed E-state index contributed by atoms with van der Waals surface area (Å²) < 4.78 is 5.36. The van der Waals surface area contributed by atoms with Gasteiger partial charge in [-0.3, -0.25) is 4.79 Å². The van der Waals surface area contributed by atoms with Crippen molar-refractivity contribution in [1.29, 1.82) is 0 Å². The Balaban J connectivity index is 1.48. The number of carbonyl (C=O) groups excluding carboxylic acids is 2. The number of nitrogens with zero attached hydrogens (tertiary/aromatic N) is 1. The Morgan fingerprint density at radius 2 is 1.71 bits per heavy atom. The zero-order valence-electron chi connectivity index (χ0n) is 17.6. The van der Waals surface area contributed by atoms with Crippen molar-refractivity contribution in [2.24, 2.45) is 17.6 Å². The van der Waals surface area contributed by atoms with Gasteiger partial charge in [-0.2, -0.15) is 0 Å². The molecule has 2 fully saturated rings. The van der Waals surface area contributed by atoms with Crippen molar-refractivity contribution in [2.75, 3.05) is 11.9 Å². The number of likely N-dealkylation sites (tertiary alicyclic amines) is 1. The van der Waals surface area contributed by atoms with E-state index < -0.39 is 12.2 Å². The van der Waals surface area contributed by atoms with Crippen LogP contribution in [-0.2, 0) is 9.53 Å². The molecule has 0 bridgehead atoms. The number of hydrogen-bond donors (Lipinski definition) is 2. The molecular weight excluding hydrogens is 390 g/mol. The van der Waals surface area contributed by atoms with Crippen LogP contribution in [0.1, 0.15) is 55.3 Å². The first kappa shape index (κ1) is 19.9. The normalized spacial score (nSPS) is 29.4. The molecule has 6 nitrogen and oxygen atoms in total. The van der Waals surface area contributed by atoms with E-state index in [0.29, 0.717) is 18.9 Å². The van der Waals surface area contributed by atoms with Crippen LogP contribution in [0.15, 0.2) is 54.6 Å². The molecule has 1 saturated carbocycles. The summed E-state index contributed by atoms with van der Waals surface area (Å²) in [4.78, 5) is 27.2. The number of ether oxygens (including phenoxy) is 1. The molecule has 1 saturated heterocycles. The van der Waals surface area contributed by atoms with Gasteiger partial charge in [0.05, 0.1) is 18.0 Å². The second-order valence-electron chi connectivity index (χ2n) is 8.92. The fourth-order valence-electron chi connectivity index (χ4n) is 5.85. The van der Waals surface area contributed by atoms with E-state index in [2.05, 4.69) is 41.7 Å². The van der Waals surface area contributed by atoms with Gasteiger partial charge in [-0.25, -0.2) is 4.79 Å². The number of fused-ring (bicyclic) bond motifs is 3. The highest BCUT2D eigenvalue weighted by Crippen LogP contribution is 2.51. The average Bonchev–Trinajstić information content (AvgIpc) is 3.24. The highest BCUT2D eigenvalue weighted by Gasteiger charge is 2.48. The smallest absolute Gasteiger partial charge is 0.404 e. The van der Waals surface area contributed by atoms with Crippen LogP contribution >= 0.6 is 0 Å². The Morgan fingerprint density at radius 3 is 2.52 bits per heavy atom. The van der Waals surface area contributed by atoms with Crippen molar-refractivity contribution in [3.8, 4) is 0 Å². The predicted octanol–water partition coefficient (Wildman–Crippen LogP) is 4.40. The van der Waals surface area contributed by atoms with Gasteiger partial charge in [-0.15, -0.1) is 0 Å². The standard InChI is InChI=1S/C25H29N3O3/c26-25(30)31-21-13-7-5-11-18(21)24(29)28-15-14-19-22(16-8-2-1-3-9-16)27-20-12-6-4-10-17(20)23(19)28/h1-4,6,8-10,12,18-19,21-23,27H,5,7,11,13-15H2,(H2,26,30)/t18?,19-,21?,22+,23+/m1/s1. The van der Waals surface area contributed by atoms with Gasteiger partial charge < -0.3 is 20.7 Å². The molecule has 2 unspecified atom stereocenters. The van der Waals surface area contributed by atoms with Crippen LogP contribution < -0.4 is 11.1 Å². The summed E-state index contributed by atoms with van der Waals surface area (Å²) in [7, 11) is 0. The quantitative estimate of drug-likeness (QED) is 0.772. The number of nitrogens with one attached hydrogen (secondary N) is 1. The maximum Gasteiger partial charge on any atom is 0.404 e. The maximum atomic E-state index is 13.8. The lowest BCUT2D eigenvalue weighted by molar-refractivity contribution is -0.142. The summed E-state index contributed by atoms with van der Waals surface area (Å²) in [5, 5.41) is 3.73. The van der Waals surface area contributed by atoms with Crippen molar-refractivity contribution in [3.05, 3.63) is 65.7 Å². The number of para-hydroxylation sites is 1. The van der Waals surface area contributed by atoms with Crippen LogP contribution in [0.5, 0.6) is 0 Å². The Labute approximate surface area is 182 Å². The SMILES string of the molecule is NC(=O)OC1CCCCC1C(=O)N1CC[C@@H]2[C@H](c3ccccc3)Nc3ccccc3[C@@H]21. The Morgan fingerprint density at radius 1 is 0.968 bits per heavy atom. The van der Waals surface area contributed by atoms with Crippen LogP contribution in [0, 0.1) is 11.8 Å². The van der Waals surface area contributed by atoms with Crippen LogP contribution in [0.4, 0.5) is 10.5 Å². The number of primary amides is 1. The minimum Gasteiger partial charge on any atom is -0.446 e. The van der Waals surface area contributed by atoms with Gasteiger partial charge in [0, 0.05) is 18.2 Å². The predicted molar refractivity (Wildman–Crippen MR) is 118 cm³/mol. The number of benzene rings is 2. The van der Waals surface area contributed by atoms with E-state index in [4.69, 9.17) is 10.5 Å². The van der Waals surface area contributed by atoms with Gasteiger partial charge >= 0.3 is 6.09 Å². The van der Waals surface area contributed by atoms with E-state index in [9.17, 15) is 9.59 Å². The molecule has 2 aliphatic heterocycles. The summed E-state index contributed by atoms with van der Waals surface area (Å²) in [6.07, 6.45) is 3.10. The van der Waals surface area contributed by atoms with Crippen molar-refractivity contribution in [1.82, 2.24) is 4.90 Å². The Kier molecular flexibility index (Phi) is 5.30. The number of carbonyl (C=O) groups is 2. The van der Waals surface area contributed by atoms with Gasteiger partial charge in [-0.05, 0) is 42.9 Å². The first-order valence-corrected chi connectivity index (χ1v) is 11.3. The van der Waals surface area contributed by atoms with Crippen molar-refractivity contribution < 1.29 is 14.3 Å². The van der Waals surface area contributed by atoms with E-state index in [-0.39, 0.29) is 23.9 Å². The molecule has 6 heteroatoms. The van der Waals surface area contributed by atoms with Crippen molar-refractivity contribution in [3.63, 3.8) is 0 Å². The number of amides is 2. The first-order chi connectivity index (χ1) is 15.1. The monoisotopic (exact) mass is 419 g/mol. The minimum atomic E-state index is -0.791. The van der Waals surface area contributed by atoms with Crippen molar-refractivity contribution in [2.45, 2.75) is 50.3 Å². The van der Waals surface area contributed by atoms with E-state index in [1.807, 2.05) is 23.1 Å². The lowest BCUT2D eigenvalue weighted by Gasteiger charge is -2.41. The number of rotatable bonds is 3. The van der Waals surface area contributed by atoms with Gasteiger partial charge in [0.15, 0.2) is 0 Å². The summed E-state index contributed by atoms with van der Waals surface area (Å²) in [5.41, 5.74) is 8.80. The molecule has 31 heavy (non-hydrogen) atoms. The zero-order valence-corrected chi connectivity index (χ0v) is 17.6. The topological polar surface area (TPSA) is 84.7 Å². The summed E-state index contributed by atoms with van der Waals surface area (Å²) in [5.74, 6) is 0.0829. The molecule has 0 radical (unpaired) electrons. The maximum absolute atomic E-state index is 13.8. The summed E-state index contributed by atoms with van der Waals surface area (Å²) in [6.45, 7) is 0.716. The molecule has 5 rings (SSSR count). The molecule has 162 valence electrons. The van der Waals surface area contributed by atoms with E-state index in [1.54, 1.807) is 0 Å². The molecule has 3 aliphatic rings. The third kappa shape index (κ3) is 3.64. The van der Waals surface area contributed by atoms with Gasteiger partial charge in [-0.1, -0.05) is 55.0 Å². The van der Waals surface area contributed by atoms with E-state index in [0.717, 1.165) is 31.4 Å². The molecule has 2 heterocycles. The molecule has 2 aromatic rings. The summed E-state index contributed by atoms with van der Waals surface area (Å²) >= 11 is 0. The zero-order chi connectivity index (χ0) is 21.4. The summed E-state index contributed by atoms with van der Waals surface area (Å²) in [6, 6.07) is 19.0. The van der Waals surface area contributed by atoms with Gasteiger partial charge in [0.25, 0.3) is 0 Å². The molecule has 2 amide bonds. The van der Waals surface area contributed by atoms with Crippen LogP contribution in [0.2, 0.25) is 0 Å². The van der Waals surface area contributed by atoms with Crippen LogP contribution in [0.3, 0.4) is 0 Å². The van der Waals surface area contributed by atoms with E-state index in [1.165, 1.54) is 11.1 Å². The highest BCUT2D eigenvalue weighted by atomic mass is 16.6. The Bertz CT molecular complexity index is 963. The number of hydrogen-bond acceptors (Lipinski definition) is 4. The second kappa shape index (κ2) is 8.25. The average molecular weight is 420 g/mol. The fraction of sp³-hybridized carbons (Fsp3) is 0.440. The van der Waals surface area contributed by atoms with Crippen LogP contribution in [-0.4, -0.2) is 29.5 Å². The lowest BCUT2D eigenvalue weighted by Crippen LogP contribution is -2.45. The minimum absolute atomic E-state index is 0.0197. The molecular formula is C25H29N3O3. The first-order valence-electron chi connectivity index (χ1n) is 11.3. The van der Waals surface area contributed by atoms with Crippen LogP contribution in [0.25, 0.3) is 0 Å². The molecule has 0 aromatic heterocycles. The lowest BCUT2D eigenvalue weighted by atomic mass is 9.79. The Hall–Kier alpha value is -3.02. The van der Waals surface area contributed by atoms with Gasteiger partial charge in [0.2, 0.25) is 5.91 Å². The number of nitrogens with two attached hydrogens (primary N) is 1. The highest BCUT2D eigenvalue weighted by molar-refractivity contribution is 5.81. The second-order valence-corrected chi connectivity index (χ2v) is 8.92. The molecule has 2 aromatic carbocycles. The van der Waals surface area contributed by atoms with E-state index >= 15 is 0 Å². The third-order valence-electron chi connectivity index (χ3n) is 7.19. The molecule has 3 N–H and O–H groups in total. The number of anilines is 1. The molecule has 1 aliphatic carbocycles. The molecule has 0 spiro atoms. The largest absolute Gasteiger partial charge is 0.446 e. The van der Waals surface area contributed by atoms with Crippen molar-refractivity contribution >= 4 is 17.7 Å². The van der Waals surface area contributed by atoms with Gasteiger partial charge in [0.1, 0.15) is 6.10 Å².